The summed E-state index contributed by atoms with van der Waals surface area (Å²) in [4.78, 5) is 18.0. The van der Waals surface area contributed by atoms with Gasteiger partial charge in [-0.1, -0.05) is 30.3 Å². The summed E-state index contributed by atoms with van der Waals surface area (Å²) < 4.78 is 9.40. The van der Waals surface area contributed by atoms with Crippen LogP contribution in [0.3, 0.4) is 0 Å². The molecule has 4 heterocycles. The maximum absolute atomic E-state index is 13.2. The van der Waals surface area contributed by atoms with Gasteiger partial charge in [0.25, 0.3) is 5.91 Å². The normalized spacial score (nSPS) is 11.2. The van der Waals surface area contributed by atoms with Crippen LogP contribution in [0.4, 0.5) is 0 Å². The molecule has 0 radical (unpaired) electrons. The highest BCUT2D eigenvalue weighted by atomic mass is 32.1. The molecule has 5 aromatic rings. The monoisotopic (exact) mass is 445 g/mol. The molecular weight excluding hydrogens is 426 g/mol. The zero-order chi connectivity index (χ0) is 22.1. The van der Waals surface area contributed by atoms with E-state index in [4.69, 9.17) is 21.6 Å². The summed E-state index contributed by atoms with van der Waals surface area (Å²) in [6, 6.07) is 15.2. The number of fused-ring (bicyclic) bond motifs is 1. The Balaban J connectivity index is 1.55. The first-order chi connectivity index (χ1) is 15.6. The number of nitrogens with zero attached hydrogens (tertiary/aromatic N) is 5. The van der Waals surface area contributed by atoms with Gasteiger partial charge in [0.2, 0.25) is 0 Å². The molecule has 0 fully saturated rings. The number of carbonyl (C=O) groups is 1. The SMILES string of the molecule is Cn1c(CNC(=O)c2cc(-c3ccccc3)nc3c2cnn3Cc2ccco2)n[nH]c1=S. The van der Waals surface area contributed by atoms with Gasteiger partial charge in [0, 0.05) is 12.6 Å². The maximum Gasteiger partial charge on any atom is 0.252 e. The first kappa shape index (κ1) is 19.9. The van der Waals surface area contributed by atoms with Crippen molar-refractivity contribution in [1.29, 1.82) is 0 Å². The second-order valence-electron chi connectivity index (χ2n) is 7.23. The molecule has 0 aliphatic carbocycles. The summed E-state index contributed by atoms with van der Waals surface area (Å²) in [5, 5.41) is 14.9. The molecule has 0 atom stereocenters. The van der Waals surface area contributed by atoms with Crippen molar-refractivity contribution in [3.8, 4) is 11.3 Å². The standard InChI is InChI=1S/C22H19N7O2S/c1-28-19(26-27-22(28)32)12-23-21(30)16-10-18(14-6-3-2-4-7-14)25-20-17(16)11-24-29(20)13-15-8-5-9-31-15/h2-11H,12-13H2,1H3,(H,23,30)(H,27,32). The van der Waals surface area contributed by atoms with E-state index >= 15 is 0 Å². The Hall–Kier alpha value is -4.05. The van der Waals surface area contributed by atoms with E-state index < -0.39 is 0 Å². The maximum atomic E-state index is 13.2. The van der Waals surface area contributed by atoms with Gasteiger partial charge in [-0.2, -0.15) is 10.2 Å². The van der Waals surface area contributed by atoms with Crippen LogP contribution in [0.1, 0.15) is 21.9 Å². The van der Waals surface area contributed by atoms with Gasteiger partial charge in [0.05, 0.1) is 35.6 Å². The minimum Gasteiger partial charge on any atom is -0.467 e. The van der Waals surface area contributed by atoms with E-state index in [1.165, 1.54) is 0 Å². The number of H-pyrrole nitrogens is 1. The minimum absolute atomic E-state index is 0.230. The molecule has 0 bridgehead atoms. The topological polar surface area (TPSA) is 107 Å². The number of furan rings is 1. The second kappa shape index (κ2) is 8.23. The van der Waals surface area contributed by atoms with E-state index in [-0.39, 0.29) is 12.5 Å². The minimum atomic E-state index is -0.249. The van der Waals surface area contributed by atoms with Crippen molar-refractivity contribution in [2.24, 2.45) is 7.05 Å². The molecule has 5 rings (SSSR count). The molecule has 0 saturated heterocycles. The first-order valence-electron chi connectivity index (χ1n) is 9.93. The van der Waals surface area contributed by atoms with Crippen LogP contribution in [0, 0.1) is 4.77 Å². The lowest BCUT2D eigenvalue weighted by molar-refractivity contribution is 0.0951. The molecular formula is C22H19N7O2S. The fourth-order valence-electron chi connectivity index (χ4n) is 3.45. The molecule has 32 heavy (non-hydrogen) atoms. The Morgan fingerprint density at radius 3 is 2.78 bits per heavy atom. The third-order valence-corrected chi connectivity index (χ3v) is 5.55. The molecule has 0 saturated carbocycles. The van der Waals surface area contributed by atoms with Crippen molar-refractivity contribution in [3.05, 3.63) is 82.9 Å². The van der Waals surface area contributed by atoms with Gasteiger partial charge >= 0.3 is 0 Å². The summed E-state index contributed by atoms with van der Waals surface area (Å²) in [6.07, 6.45) is 3.27. The van der Waals surface area contributed by atoms with Crippen LogP contribution in [-0.4, -0.2) is 35.4 Å². The zero-order valence-electron chi connectivity index (χ0n) is 17.1. The predicted octanol–water partition coefficient (Wildman–Crippen LogP) is 3.46. The summed E-state index contributed by atoms with van der Waals surface area (Å²) >= 11 is 5.14. The van der Waals surface area contributed by atoms with E-state index in [1.54, 1.807) is 34.8 Å². The van der Waals surface area contributed by atoms with Crippen molar-refractivity contribution in [2.75, 3.05) is 0 Å². The lowest BCUT2D eigenvalue weighted by Crippen LogP contribution is -2.25. The van der Waals surface area contributed by atoms with Crippen LogP contribution in [0.15, 0.2) is 65.4 Å². The third-order valence-electron chi connectivity index (χ3n) is 5.19. The molecule has 2 N–H and O–H groups in total. The number of carbonyl (C=O) groups excluding carboxylic acids is 1. The summed E-state index contributed by atoms with van der Waals surface area (Å²) in [6.45, 7) is 0.640. The van der Waals surface area contributed by atoms with E-state index in [1.807, 2.05) is 42.5 Å². The highest BCUT2D eigenvalue weighted by Crippen LogP contribution is 2.25. The van der Waals surface area contributed by atoms with Crippen molar-refractivity contribution >= 4 is 29.2 Å². The van der Waals surface area contributed by atoms with Crippen LogP contribution in [0.2, 0.25) is 0 Å². The van der Waals surface area contributed by atoms with Gasteiger partial charge in [-0.05, 0) is 30.4 Å². The molecule has 0 spiro atoms. The number of nitrogens with one attached hydrogen (secondary N) is 2. The van der Waals surface area contributed by atoms with Crippen LogP contribution in [0.25, 0.3) is 22.3 Å². The summed E-state index contributed by atoms with van der Waals surface area (Å²) in [5.41, 5.74) is 2.67. The summed E-state index contributed by atoms with van der Waals surface area (Å²) in [5.74, 6) is 1.13. The van der Waals surface area contributed by atoms with Gasteiger partial charge in [-0.3, -0.25) is 9.89 Å². The van der Waals surface area contributed by atoms with Gasteiger partial charge < -0.3 is 14.3 Å². The van der Waals surface area contributed by atoms with Crippen molar-refractivity contribution in [3.63, 3.8) is 0 Å². The molecule has 0 aliphatic heterocycles. The first-order valence-corrected chi connectivity index (χ1v) is 10.3. The lowest BCUT2D eigenvalue weighted by Gasteiger charge is -2.09. The molecule has 1 amide bonds. The van der Waals surface area contributed by atoms with Gasteiger partial charge in [0.15, 0.2) is 16.2 Å². The zero-order valence-corrected chi connectivity index (χ0v) is 18.0. The van der Waals surface area contributed by atoms with Crippen molar-refractivity contribution < 1.29 is 9.21 Å². The van der Waals surface area contributed by atoms with Gasteiger partial charge in [0.1, 0.15) is 12.3 Å². The van der Waals surface area contributed by atoms with E-state index in [9.17, 15) is 4.79 Å². The Bertz CT molecular complexity index is 1450. The van der Waals surface area contributed by atoms with Gasteiger partial charge in [-0.15, -0.1) is 0 Å². The average molecular weight is 446 g/mol. The third kappa shape index (κ3) is 3.71. The molecule has 9 nitrogen and oxygen atoms in total. The Morgan fingerprint density at radius 2 is 2.06 bits per heavy atom. The second-order valence-corrected chi connectivity index (χ2v) is 7.61. The number of amides is 1. The predicted molar refractivity (Wildman–Crippen MR) is 120 cm³/mol. The van der Waals surface area contributed by atoms with Crippen LogP contribution in [-0.2, 0) is 20.1 Å². The Kier molecular flexibility index (Phi) is 5.12. The van der Waals surface area contributed by atoms with E-state index in [0.717, 1.165) is 11.3 Å². The van der Waals surface area contributed by atoms with E-state index in [0.29, 0.717) is 39.4 Å². The number of aromatic nitrogens is 6. The molecule has 0 unspecified atom stereocenters. The van der Waals surface area contributed by atoms with Crippen LogP contribution >= 0.6 is 12.2 Å². The molecule has 0 aliphatic rings. The lowest BCUT2D eigenvalue weighted by atomic mass is 10.1. The molecule has 1 aromatic carbocycles. The largest absolute Gasteiger partial charge is 0.467 e. The van der Waals surface area contributed by atoms with Crippen molar-refractivity contribution in [1.82, 2.24) is 34.8 Å². The average Bonchev–Trinajstić information content (AvgIpc) is 3.55. The number of benzene rings is 1. The van der Waals surface area contributed by atoms with Crippen LogP contribution < -0.4 is 5.32 Å². The highest BCUT2D eigenvalue weighted by Gasteiger charge is 2.18. The molecule has 4 aromatic heterocycles. The fraction of sp³-hybridized carbons (Fsp3) is 0.136. The molecule has 160 valence electrons. The smallest absolute Gasteiger partial charge is 0.252 e. The number of pyridine rings is 1. The Morgan fingerprint density at radius 1 is 1.22 bits per heavy atom. The Labute approximate surface area is 187 Å². The van der Waals surface area contributed by atoms with Gasteiger partial charge in [-0.25, -0.2) is 9.67 Å². The number of aromatic amines is 1. The molecule has 10 heteroatoms. The number of rotatable bonds is 6. The van der Waals surface area contributed by atoms with Crippen LogP contribution in [0.5, 0.6) is 0 Å². The van der Waals surface area contributed by atoms with Crippen molar-refractivity contribution in [2.45, 2.75) is 13.1 Å². The number of hydrogen-bond acceptors (Lipinski definition) is 6. The number of hydrogen-bond donors (Lipinski definition) is 2. The fourth-order valence-corrected chi connectivity index (χ4v) is 3.60. The summed E-state index contributed by atoms with van der Waals surface area (Å²) in [7, 11) is 1.80. The quantitative estimate of drug-likeness (QED) is 0.388. The van der Waals surface area contributed by atoms with E-state index in [2.05, 4.69) is 20.6 Å². The highest BCUT2D eigenvalue weighted by molar-refractivity contribution is 7.71.